The standard InChI is InChI=1S/C13H23NO3/c1-4-13(5-2,6-3)14-11(15)9-7-8-10(9)12(16)17/h9-10H,4-8H2,1-3H3,(H,14,15)(H,16,17). The van der Waals surface area contributed by atoms with Gasteiger partial charge >= 0.3 is 5.97 Å². The van der Waals surface area contributed by atoms with E-state index in [0.29, 0.717) is 12.8 Å². The minimum absolute atomic E-state index is 0.0748. The van der Waals surface area contributed by atoms with Crippen LogP contribution in [0.3, 0.4) is 0 Å². The van der Waals surface area contributed by atoms with Gasteiger partial charge in [0.05, 0.1) is 11.8 Å². The fourth-order valence-corrected chi connectivity index (χ4v) is 2.48. The molecule has 98 valence electrons. The third-order valence-electron chi connectivity index (χ3n) is 4.35. The van der Waals surface area contributed by atoms with E-state index in [0.717, 1.165) is 19.3 Å². The zero-order valence-electron chi connectivity index (χ0n) is 11.0. The van der Waals surface area contributed by atoms with Crippen molar-refractivity contribution in [3.63, 3.8) is 0 Å². The van der Waals surface area contributed by atoms with Gasteiger partial charge in [-0.05, 0) is 32.1 Å². The van der Waals surface area contributed by atoms with Gasteiger partial charge in [0.1, 0.15) is 0 Å². The molecule has 0 bridgehead atoms. The van der Waals surface area contributed by atoms with Gasteiger partial charge in [-0.1, -0.05) is 20.8 Å². The molecule has 1 saturated carbocycles. The van der Waals surface area contributed by atoms with Gasteiger partial charge in [-0.2, -0.15) is 0 Å². The van der Waals surface area contributed by atoms with Gasteiger partial charge in [-0.15, -0.1) is 0 Å². The summed E-state index contributed by atoms with van der Waals surface area (Å²) in [5.74, 6) is -1.71. The minimum Gasteiger partial charge on any atom is -0.481 e. The van der Waals surface area contributed by atoms with Crippen LogP contribution in [0, 0.1) is 11.8 Å². The molecule has 0 heterocycles. The van der Waals surface area contributed by atoms with Crippen molar-refractivity contribution in [1.29, 1.82) is 0 Å². The number of aliphatic carboxylic acids is 1. The first-order valence-corrected chi connectivity index (χ1v) is 6.54. The highest BCUT2D eigenvalue weighted by Gasteiger charge is 2.43. The lowest BCUT2D eigenvalue weighted by molar-refractivity contribution is -0.153. The molecular formula is C13H23NO3. The average molecular weight is 241 g/mol. The van der Waals surface area contributed by atoms with Crippen LogP contribution in [0.1, 0.15) is 52.9 Å². The Labute approximate surface area is 103 Å². The van der Waals surface area contributed by atoms with Crippen molar-refractivity contribution < 1.29 is 14.7 Å². The number of amides is 1. The summed E-state index contributed by atoms with van der Waals surface area (Å²) in [6, 6.07) is 0. The van der Waals surface area contributed by atoms with Crippen molar-refractivity contribution in [2.45, 2.75) is 58.4 Å². The molecule has 0 aromatic carbocycles. The van der Waals surface area contributed by atoms with Crippen LogP contribution < -0.4 is 5.32 Å². The van der Waals surface area contributed by atoms with Crippen molar-refractivity contribution in [3.05, 3.63) is 0 Å². The molecule has 0 saturated heterocycles. The number of hydrogen-bond donors (Lipinski definition) is 2. The van der Waals surface area contributed by atoms with Crippen molar-refractivity contribution in [1.82, 2.24) is 5.32 Å². The van der Waals surface area contributed by atoms with Gasteiger partial charge in [0, 0.05) is 5.54 Å². The summed E-state index contributed by atoms with van der Waals surface area (Å²) in [5, 5.41) is 12.0. The molecular weight excluding hydrogens is 218 g/mol. The highest BCUT2D eigenvalue weighted by atomic mass is 16.4. The highest BCUT2D eigenvalue weighted by Crippen LogP contribution is 2.35. The van der Waals surface area contributed by atoms with Gasteiger partial charge < -0.3 is 10.4 Å². The van der Waals surface area contributed by atoms with Crippen LogP contribution in [0.2, 0.25) is 0 Å². The third-order valence-corrected chi connectivity index (χ3v) is 4.35. The SMILES string of the molecule is CCC(CC)(CC)NC(=O)C1CCC1C(=O)O. The van der Waals surface area contributed by atoms with Crippen molar-refractivity contribution in [3.8, 4) is 0 Å². The predicted molar refractivity (Wildman–Crippen MR) is 65.6 cm³/mol. The molecule has 0 spiro atoms. The van der Waals surface area contributed by atoms with Crippen molar-refractivity contribution >= 4 is 11.9 Å². The van der Waals surface area contributed by atoms with Gasteiger partial charge in [-0.25, -0.2) is 0 Å². The smallest absolute Gasteiger partial charge is 0.307 e. The van der Waals surface area contributed by atoms with Crippen LogP contribution >= 0.6 is 0 Å². The molecule has 1 aliphatic carbocycles. The van der Waals surface area contributed by atoms with Crippen LogP contribution in [0.4, 0.5) is 0 Å². The fraction of sp³-hybridized carbons (Fsp3) is 0.846. The second-order valence-electron chi connectivity index (χ2n) is 4.96. The van der Waals surface area contributed by atoms with Gasteiger partial charge in [-0.3, -0.25) is 9.59 Å². The Bertz CT molecular complexity index is 289. The molecule has 0 aliphatic heterocycles. The molecule has 1 fully saturated rings. The van der Waals surface area contributed by atoms with E-state index in [4.69, 9.17) is 5.11 Å². The molecule has 2 unspecified atom stereocenters. The Hall–Kier alpha value is -1.06. The maximum atomic E-state index is 12.1. The number of carboxylic acids is 1. The summed E-state index contributed by atoms with van der Waals surface area (Å²) in [6.45, 7) is 6.17. The van der Waals surface area contributed by atoms with Gasteiger partial charge in [0.15, 0.2) is 0 Å². The highest BCUT2D eigenvalue weighted by molar-refractivity contribution is 5.86. The maximum absolute atomic E-state index is 12.1. The topological polar surface area (TPSA) is 66.4 Å². The second kappa shape index (κ2) is 5.52. The number of carbonyl (C=O) groups excluding carboxylic acids is 1. The summed E-state index contributed by atoms with van der Waals surface area (Å²) < 4.78 is 0. The summed E-state index contributed by atoms with van der Waals surface area (Å²) in [6.07, 6.45) is 3.99. The number of carbonyl (C=O) groups is 2. The normalized spacial score (nSPS) is 23.9. The summed E-state index contributed by atoms with van der Waals surface area (Å²) in [4.78, 5) is 22.9. The predicted octanol–water partition coefficient (Wildman–Crippen LogP) is 2.18. The van der Waals surface area contributed by atoms with Crippen LogP contribution in [0.15, 0.2) is 0 Å². The first-order chi connectivity index (χ1) is 7.99. The summed E-state index contributed by atoms with van der Waals surface area (Å²) in [7, 11) is 0. The Morgan fingerprint density at radius 1 is 1.12 bits per heavy atom. The molecule has 2 N–H and O–H groups in total. The zero-order valence-corrected chi connectivity index (χ0v) is 11.0. The second-order valence-corrected chi connectivity index (χ2v) is 4.96. The lowest BCUT2D eigenvalue weighted by Crippen LogP contribution is -2.53. The third kappa shape index (κ3) is 2.79. The van der Waals surface area contributed by atoms with E-state index in [1.807, 2.05) is 0 Å². The molecule has 17 heavy (non-hydrogen) atoms. The molecule has 2 atom stereocenters. The average Bonchev–Trinajstić information content (AvgIpc) is 2.23. The number of nitrogens with one attached hydrogen (secondary N) is 1. The van der Waals surface area contributed by atoms with Gasteiger partial charge in [0.2, 0.25) is 5.91 Å². The maximum Gasteiger partial charge on any atom is 0.307 e. The largest absolute Gasteiger partial charge is 0.481 e. The van der Waals surface area contributed by atoms with Crippen LogP contribution in [0.25, 0.3) is 0 Å². The Morgan fingerprint density at radius 3 is 1.88 bits per heavy atom. The van der Waals surface area contributed by atoms with Crippen molar-refractivity contribution in [2.75, 3.05) is 0 Å². The van der Waals surface area contributed by atoms with Crippen molar-refractivity contribution in [2.24, 2.45) is 11.8 Å². The Balaban J connectivity index is 2.62. The molecule has 0 aromatic rings. The Morgan fingerprint density at radius 2 is 1.59 bits per heavy atom. The summed E-state index contributed by atoms with van der Waals surface area (Å²) >= 11 is 0. The number of carboxylic acid groups (broad SMARTS) is 1. The monoisotopic (exact) mass is 241 g/mol. The fourth-order valence-electron chi connectivity index (χ4n) is 2.48. The van der Waals surface area contributed by atoms with Crippen LogP contribution in [0.5, 0.6) is 0 Å². The number of hydrogen-bond acceptors (Lipinski definition) is 2. The molecule has 1 aliphatic rings. The summed E-state index contributed by atoms with van der Waals surface area (Å²) in [5.41, 5.74) is -0.157. The lowest BCUT2D eigenvalue weighted by atomic mass is 9.72. The zero-order chi connectivity index (χ0) is 13.1. The van der Waals surface area contributed by atoms with E-state index in [1.54, 1.807) is 0 Å². The van der Waals surface area contributed by atoms with Crippen LogP contribution in [-0.4, -0.2) is 22.5 Å². The van der Waals surface area contributed by atoms with E-state index in [-0.39, 0.29) is 17.4 Å². The molecule has 0 radical (unpaired) electrons. The molecule has 1 amide bonds. The Kier molecular flexibility index (Phi) is 4.54. The van der Waals surface area contributed by atoms with E-state index in [9.17, 15) is 9.59 Å². The first-order valence-electron chi connectivity index (χ1n) is 6.54. The van der Waals surface area contributed by atoms with E-state index >= 15 is 0 Å². The molecule has 4 heteroatoms. The van der Waals surface area contributed by atoms with E-state index < -0.39 is 11.9 Å². The van der Waals surface area contributed by atoms with E-state index in [1.165, 1.54) is 0 Å². The van der Waals surface area contributed by atoms with E-state index in [2.05, 4.69) is 26.1 Å². The minimum atomic E-state index is -0.841. The molecule has 4 nitrogen and oxygen atoms in total. The molecule has 0 aromatic heterocycles. The molecule has 1 rings (SSSR count). The number of rotatable bonds is 6. The first kappa shape index (κ1) is 14.0. The van der Waals surface area contributed by atoms with Crippen LogP contribution in [-0.2, 0) is 9.59 Å². The van der Waals surface area contributed by atoms with Gasteiger partial charge in [0.25, 0.3) is 0 Å². The lowest BCUT2D eigenvalue weighted by Gasteiger charge is -2.38. The quantitative estimate of drug-likeness (QED) is 0.749.